The van der Waals surface area contributed by atoms with Crippen molar-refractivity contribution >= 4 is 21.9 Å². The third-order valence-electron chi connectivity index (χ3n) is 12.0. The first-order valence-electron chi connectivity index (χ1n) is 26.7. The second-order valence-electron chi connectivity index (χ2n) is 18.0. The lowest BCUT2D eigenvalue weighted by molar-refractivity contribution is 0.886. The van der Waals surface area contributed by atoms with Gasteiger partial charge in [0.1, 0.15) is 0 Å². The van der Waals surface area contributed by atoms with Crippen molar-refractivity contribution in [3.8, 4) is 33.4 Å². The Kier molecular flexibility index (Phi) is 30.4. The van der Waals surface area contributed by atoms with Crippen LogP contribution in [0.4, 0.5) is 0 Å². The summed E-state index contributed by atoms with van der Waals surface area (Å²) >= 11 is 0. The van der Waals surface area contributed by atoms with Crippen molar-refractivity contribution in [3.63, 3.8) is 0 Å². The Labute approximate surface area is 434 Å². The number of benzene rings is 8. The topological polar surface area (TPSA) is 0 Å². The highest BCUT2D eigenvalue weighted by atomic mass is 14.1. The lowest BCUT2D eigenvalue weighted by atomic mass is 9.96. The van der Waals surface area contributed by atoms with Gasteiger partial charge < -0.3 is 0 Å². The SMILES string of the molecule is C/C(=C\C(C)c1ccccc1)c1ccccc1.C=C(C)c1cccc(-c2ccc3cc(-c4ccc(C)cc4)ccc3c2)c1.CC.CCCC.CCCC.CCCC.Cc1ccccc1-c1ccccc1C. The van der Waals surface area contributed by atoms with E-state index < -0.39 is 0 Å². The number of unbranched alkanes of at least 4 members (excludes halogenated alkanes) is 3. The van der Waals surface area contributed by atoms with Crippen LogP contribution in [0, 0.1) is 20.8 Å². The Balaban J connectivity index is 0.000000334. The van der Waals surface area contributed by atoms with Crippen molar-refractivity contribution in [1.29, 1.82) is 0 Å². The molecule has 8 aromatic carbocycles. The second-order valence-corrected chi connectivity index (χ2v) is 18.0. The van der Waals surface area contributed by atoms with Gasteiger partial charge in [-0.1, -0.05) is 301 Å². The largest absolute Gasteiger partial charge is 0.0955 e. The minimum Gasteiger partial charge on any atom is -0.0955 e. The Hall–Kier alpha value is -6.50. The first-order chi connectivity index (χ1) is 34.4. The summed E-state index contributed by atoms with van der Waals surface area (Å²) in [5, 5.41) is 2.53. The molecule has 374 valence electrons. The van der Waals surface area contributed by atoms with Crippen LogP contribution in [0.5, 0.6) is 0 Å². The summed E-state index contributed by atoms with van der Waals surface area (Å²) in [7, 11) is 0. The molecule has 1 atom stereocenters. The summed E-state index contributed by atoms with van der Waals surface area (Å²) in [6.07, 6.45) is 10.2. The van der Waals surface area contributed by atoms with Crippen LogP contribution >= 0.6 is 0 Å². The predicted molar refractivity (Wildman–Crippen MR) is 324 cm³/mol. The number of rotatable bonds is 10. The Bertz CT molecular complexity index is 2620. The molecule has 0 saturated carbocycles. The maximum Gasteiger partial charge on any atom is -0.000451 e. The molecule has 0 saturated heterocycles. The molecule has 8 rings (SSSR count). The van der Waals surface area contributed by atoms with E-state index in [1.54, 1.807) is 0 Å². The molecular formula is C71H90. The van der Waals surface area contributed by atoms with Gasteiger partial charge in [0.2, 0.25) is 0 Å². The zero-order valence-electron chi connectivity index (χ0n) is 46.6. The summed E-state index contributed by atoms with van der Waals surface area (Å²) in [6, 6.07) is 68.8. The van der Waals surface area contributed by atoms with E-state index >= 15 is 0 Å². The molecule has 0 aliphatic carbocycles. The number of fused-ring (bicyclic) bond motifs is 1. The molecular weight excluding hydrogens is 853 g/mol. The van der Waals surface area contributed by atoms with Crippen molar-refractivity contribution in [1.82, 2.24) is 0 Å². The number of hydrogen-bond donors (Lipinski definition) is 0. The van der Waals surface area contributed by atoms with Crippen LogP contribution in [0.25, 0.3) is 55.3 Å². The van der Waals surface area contributed by atoms with E-state index in [1.165, 1.54) is 122 Å². The van der Waals surface area contributed by atoms with Gasteiger partial charge in [0, 0.05) is 0 Å². The average molecular weight is 944 g/mol. The average Bonchev–Trinajstić information content (AvgIpc) is 3.42. The number of aryl methyl sites for hydroxylation is 3. The van der Waals surface area contributed by atoms with Crippen molar-refractivity contribution in [2.75, 3.05) is 0 Å². The molecule has 0 amide bonds. The third-order valence-corrected chi connectivity index (χ3v) is 12.0. The van der Waals surface area contributed by atoms with Crippen LogP contribution in [0.15, 0.2) is 207 Å². The lowest BCUT2D eigenvalue weighted by Crippen LogP contribution is -1.90. The first kappa shape index (κ1) is 60.6. The highest BCUT2D eigenvalue weighted by Crippen LogP contribution is 2.30. The van der Waals surface area contributed by atoms with Crippen molar-refractivity contribution < 1.29 is 0 Å². The van der Waals surface area contributed by atoms with Crippen molar-refractivity contribution in [3.05, 3.63) is 240 Å². The predicted octanol–water partition coefficient (Wildman–Crippen LogP) is 22.8. The molecule has 1 unspecified atom stereocenters. The van der Waals surface area contributed by atoms with E-state index in [2.05, 4.69) is 283 Å². The summed E-state index contributed by atoms with van der Waals surface area (Å²) in [5.41, 5.74) is 17.9. The van der Waals surface area contributed by atoms with Gasteiger partial charge in [-0.3, -0.25) is 0 Å². The van der Waals surface area contributed by atoms with Gasteiger partial charge in [-0.25, -0.2) is 0 Å². The Morgan fingerprint density at radius 2 is 0.789 bits per heavy atom. The normalized spacial score (nSPS) is 10.5. The molecule has 0 fully saturated rings. The maximum absolute atomic E-state index is 4.05. The van der Waals surface area contributed by atoms with Crippen LogP contribution in [-0.4, -0.2) is 0 Å². The van der Waals surface area contributed by atoms with Crippen LogP contribution in [0.1, 0.15) is 154 Å². The minimum absolute atomic E-state index is 0.455. The highest BCUT2D eigenvalue weighted by molar-refractivity contribution is 5.91. The molecule has 0 aliphatic rings. The monoisotopic (exact) mass is 943 g/mol. The molecule has 0 aliphatic heterocycles. The Morgan fingerprint density at radius 1 is 0.408 bits per heavy atom. The van der Waals surface area contributed by atoms with E-state index in [1.807, 2.05) is 20.8 Å². The van der Waals surface area contributed by atoms with Gasteiger partial charge in [0.05, 0.1) is 0 Å². The molecule has 71 heavy (non-hydrogen) atoms. The summed E-state index contributed by atoms with van der Waals surface area (Å²) < 4.78 is 0. The fourth-order valence-corrected chi connectivity index (χ4v) is 7.09. The van der Waals surface area contributed by atoms with E-state index in [0.717, 1.165) is 5.57 Å². The molecule has 0 N–H and O–H groups in total. The third kappa shape index (κ3) is 22.0. The summed E-state index contributed by atoms with van der Waals surface area (Å²) in [4.78, 5) is 0. The zero-order valence-corrected chi connectivity index (χ0v) is 46.6. The van der Waals surface area contributed by atoms with Crippen LogP contribution in [0.3, 0.4) is 0 Å². The van der Waals surface area contributed by atoms with Crippen LogP contribution in [-0.2, 0) is 0 Å². The fourth-order valence-electron chi connectivity index (χ4n) is 7.09. The molecule has 0 bridgehead atoms. The van der Waals surface area contributed by atoms with Crippen LogP contribution < -0.4 is 0 Å². The molecule has 0 heterocycles. The summed E-state index contributed by atoms with van der Waals surface area (Å²) in [5.74, 6) is 0.455. The lowest BCUT2D eigenvalue weighted by Gasteiger charge is -2.09. The van der Waals surface area contributed by atoms with Gasteiger partial charge in [0.15, 0.2) is 0 Å². The molecule has 8 aromatic rings. The molecule has 0 heteroatoms. The molecule has 0 nitrogen and oxygen atoms in total. The quantitative estimate of drug-likeness (QED) is 0.128. The Morgan fingerprint density at radius 3 is 1.23 bits per heavy atom. The van der Waals surface area contributed by atoms with Gasteiger partial charge >= 0.3 is 0 Å². The smallest absolute Gasteiger partial charge is 0.000451 e. The number of allylic oxidation sites excluding steroid dienone is 3. The molecule has 0 radical (unpaired) electrons. The molecule has 0 aromatic heterocycles. The van der Waals surface area contributed by atoms with Gasteiger partial charge in [-0.2, -0.15) is 0 Å². The second kappa shape index (κ2) is 35.6. The first-order valence-corrected chi connectivity index (χ1v) is 26.7. The van der Waals surface area contributed by atoms with E-state index in [4.69, 9.17) is 0 Å². The van der Waals surface area contributed by atoms with E-state index in [-0.39, 0.29) is 0 Å². The van der Waals surface area contributed by atoms with Gasteiger partial charge in [-0.05, 0) is 136 Å². The van der Waals surface area contributed by atoms with Crippen molar-refractivity contribution in [2.45, 2.75) is 141 Å². The van der Waals surface area contributed by atoms with Gasteiger partial charge in [-0.15, -0.1) is 0 Å². The fraction of sp³-hybridized carbons (Fsp3) is 0.296. The standard InChI is InChI=1S/C26H22.C17H18.C14H14.3C4H10.C2H6/c1-18(2)21-5-4-6-22(15-21)24-13-14-25-16-23(11-12-26(25)17-24)20-9-7-19(3)8-10-20;1-14(16-9-5-3-6-10-16)13-15(2)17-11-7-4-8-12-17;1-11-7-3-5-9-13(11)14-10-6-4-8-12(14)2;3*1-3-4-2;1-2/h4-17H,1H2,2-3H3;3-14H,1-2H3;3-10H,1-2H3;3*3-4H2,1-2H3;1-2H3/b;15-13+;;;;;. The zero-order chi connectivity index (χ0) is 52.4. The summed E-state index contributed by atoms with van der Waals surface area (Å²) in [6.45, 7) is 34.0. The van der Waals surface area contributed by atoms with E-state index in [0.29, 0.717) is 5.92 Å². The minimum atomic E-state index is 0.455. The van der Waals surface area contributed by atoms with Crippen molar-refractivity contribution in [2.24, 2.45) is 0 Å². The van der Waals surface area contributed by atoms with Crippen LogP contribution in [0.2, 0.25) is 0 Å². The highest BCUT2D eigenvalue weighted by Gasteiger charge is 2.06. The van der Waals surface area contributed by atoms with E-state index in [9.17, 15) is 0 Å². The van der Waals surface area contributed by atoms with Gasteiger partial charge in [0.25, 0.3) is 0 Å². The number of hydrogen-bond acceptors (Lipinski definition) is 0. The maximum atomic E-state index is 4.05. The molecule has 0 spiro atoms.